The topological polar surface area (TPSA) is 55.5 Å². The lowest BCUT2D eigenvalue weighted by atomic mass is 9.81. The molecule has 84 valence electrons. The summed E-state index contributed by atoms with van der Waals surface area (Å²) in [5, 5.41) is 9.48. The van der Waals surface area contributed by atoms with E-state index in [2.05, 4.69) is 13.8 Å². The van der Waals surface area contributed by atoms with Gasteiger partial charge in [0, 0.05) is 0 Å². The molecule has 1 aromatic carbocycles. The number of hydrogen-bond acceptors (Lipinski definition) is 3. The van der Waals surface area contributed by atoms with Gasteiger partial charge in [-0.25, -0.2) is 0 Å². The Morgan fingerprint density at radius 1 is 1.40 bits per heavy atom. The van der Waals surface area contributed by atoms with Crippen molar-refractivity contribution in [2.24, 2.45) is 5.73 Å². The van der Waals surface area contributed by atoms with Crippen molar-refractivity contribution < 1.29 is 9.84 Å². The highest BCUT2D eigenvalue weighted by Crippen LogP contribution is 2.33. The number of aromatic hydroxyl groups is 1. The molecule has 0 radical (unpaired) electrons. The van der Waals surface area contributed by atoms with Crippen molar-refractivity contribution in [2.45, 2.75) is 25.7 Å². The van der Waals surface area contributed by atoms with Gasteiger partial charge >= 0.3 is 0 Å². The van der Waals surface area contributed by atoms with Gasteiger partial charge in [0.1, 0.15) is 0 Å². The maximum absolute atomic E-state index is 9.48. The zero-order valence-corrected chi connectivity index (χ0v) is 9.58. The van der Waals surface area contributed by atoms with E-state index < -0.39 is 0 Å². The number of phenols is 1. The Bertz CT molecular complexity index is 334. The van der Waals surface area contributed by atoms with Crippen LogP contribution in [0, 0.1) is 0 Å². The molecule has 0 bridgehead atoms. The average molecular weight is 209 g/mol. The van der Waals surface area contributed by atoms with E-state index in [1.165, 1.54) is 0 Å². The van der Waals surface area contributed by atoms with Gasteiger partial charge in [-0.15, -0.1) is 0 Å². The van der Waals surface area contributed by atoms with E-state index in [4.69, 9.17) is 10.5 Å². The second-order valence-corrected chi connectivity index (χ2v) is 4.31. The first-order valence-electron chi connectivity index (χ1n) is 5.09. The van der Waals surface area contributed by atoms with E-state index in [0.717, 1.165) is 12.0 Å². The van der Waals surface area contributed by atoms with Crippen LogP contribution in [0.15, 0.2) is 18.2 Å². The third-order valence-corrected chi connectivity index (χ3v) is 2.73. The molecule has 15 heavy (non-hydrogen) atoms. The molecule has 0 atom stereocenters. The summed E-state index contributed by atoms with van der Waals surface area (Å²) in [6, 6.07) is 5.44. The Morgan fingerprint density at radius 2 is 2.07 bits per heavy atom. The fourth-order valence-corrected chi connectivity index (χ4v) is 1.60. The summed E-state index contributed by atoms with van der Waals surface area (Å²) in [5.41, 5.74) is 6.71. The highest BCUT2D eigenvalue weighted by Gasteiger charge is 2.20. The lowest BCUT2D eigenvalue weighted by Gasteiger charge is -2.25. The van der Waals surface area contributed by atoms with Crippen molar-refractivity contribution in [3.63, 3.8) is 0 Å². The third kappa shape index (κ3) is 2.63. The molecule has 0 fully saturated rings. The molecule has 0 saturated carbocycles. The van der Waals surface area contributed by atoms with Crippen LogP contribution in [0.3, 0.4) is 0 Å². The summed E-state index contributed by atoms with van der Waals surface area (Å²) in [6.45, 7) is 4.91. The van der Waals surface area contributed by atoms with Crippen LogP contribution < -0.4 is 10.5 Å². The molecule has 0 saturated heterocycles. The van der Waals surface area contributed by atoms with Crippen molar-refractivity contribution in [1.29, 1.82) is 0 Å². The summed E-state index contributed by atoms with van der Waals surface area (Å²) in [4.78, 5) is 0. The van der Waals surface area contributed by atoms with Crippen molar-refractivity contribution >= 4 is 0 Å². The van der Waals surface area contributed by atoms with Crippen molar-refractivity contribution in [3.8, 4) is 11.5 Å². The predicted molar refractivity (Wildman–Crippen MR) is 61.4 cm³/mol. The average Bonchev–Trinajstić information content (AvgIpc) is 2.18. The van der Waals surface area contributed by atoms with Gasteiger partial charge in [0.15, 0.2) is 11.5 Å². The molecule has 3 N–H and O–H groups in total. The molecule has 1 aromatic rings. The Hall–Kier alpha value is -1.22. The van der Waals surface area contributed by atoms with E-state index in [9.17, 15) is 5.11 Å². The van der Waals surface area contributed by atoms with Gasteiger partial charge in [-0.2, -0.15) is 0 Å². The quantitative estimate of drug-likeness (QED) is 0.797. The lowest BCUT2D eigenvalue weighted by molar-refractivity contribution is 0.370. The molecule has 0 heterocycles. The van der Waals surface area contributed by atoms with Crippen LogP contribution >= 0.6 is 0 Å². The molecule has 0 spiro atoms. The molecule has 0 aliphatic heterocycles. The fourth-order valence-electron chi connectivity index (χ4n) is 1.60. The number of phenolic OH excluding ortho intramolecular Hbond substituents is 1. The minimum atomic E-state index is 0.00965. The smallest absolute Gasteiger partial charge is 0.160 e. The summed E-state index contributed by atoms with van der Waals surface area (Å²) >= 11 is 0. The van der Waals surface area contributed by atoms with E-state index in [1.807, 2.05) is 12.1 Å². The van der Waals surface area contributed by atoms with Crippen LogP contribution in [0.25, 0.3) is 0 Å². The van der Waals surface area contributed by atoms with Crippen molar-refractivity contribution in [2.75, 3.05) is 13.7 Å². The van der Waals surface area contributed by atoms with E-state index in [-0.39, 0.29) is 11.2 Å². The van der Waals surface area contributed by atoms with Gasteiger partial charge in [0.2, 0.25) is 0 Å². The van der Waals surface area contributed by atoms with Gasteiger partial charge in [-0.3, -0.25) is 0 Å². The van der Waals surface area contributed by atoms with E-state index >= 15 is 0 Å². The number of hydrogen-bond donors (Lipinski definition) is 2. The third-order valence-electron chi connectivity index (χ3n) is 2.73. The highest BCUT2D eigenvalue weighted by atomic mass is 16.5. The molecule has 0 aliphatic carbocycles. The van der Waals surface area contributed by atoms with Gasteiger partial charge < -0.3 is 15.6 Å². The Kier molecular flexibility index (Phi) is 3.58. The number of ether oxygens (including phenoxy) is 1. The van der Waals surface area contributed by atoms with Crippen molar-refractivity contribution in [3.05, 3.63) is 23.8 Å². The number of benzene rings is 1. The number of methoxy groups -OCH3 is 1. The SMILES string of the molecule is COc1cc(C(C)(C)CCN)ccc1O. The monoisotopic (exact) mass is 209 g/mol. The van der Waals surface area contributed by atoms with E-state index in [0.29, 0.717) is 12.3 Å². The van der Waals surface area contributed by atoms with E-state index in [1.54, 1.807) is 13.2 Å². The summed E-state index contributed by atoms with van der Waals surface area (Å²) < 4.78 is 5.08. The summed E-state index contributed by atoms with van der Waals surface area (Å²) in [5.74, 6) is 0.683. The number of rotatable bonds is 4. The zero-order chi connectivity index (χ0) is 11.5. The van der Waals surface area contributed by atoms with Gasteiger partial charge in [0.25, 0.3) is 0 Å². The molecule has 0 unspecified atom stereocenters. The maximum atomic E-state index is 9.48. The lowest BCUT2D eigenvalue weighted by Crippen LogP contribution is -2.21. The van der Waals surface area contributed by atoms with Gasteiger partial charge in [-0.05, 0) is 36.1 Å². The second-order valence-electron chi connectivity index (χ2n) is 4.31. The Morgan fingerprint density at radius 3 is 2.60 bits per heavy atom. The van der Waals surface area contributed by atoms with Gasteiger partial charge in [-0.1, -0.05) is 19.9 Å². The minimum absolute atomic E-state index is 0.00965. The van der Waals surface area contributed by atoms with Crippen LogP contribution in [-0.2, 0) is 5.41 Å². The van der Waals surface area contributed by atoms with Crippen LogP contribution in [0.1, 0.15) is 25.8 Å². The van der Waals surface area contributed by atoms with Crippen LogP contribution in [0.4, 0.5) is 0 Å². The molecule has 0 amide bonds. The molecule has 0 aromatic heterocycles. The summed E-state index contributed by atoms with van der Waals surface area (Å²) in [6.07, 6.45) is 0.904. The highest BCUT2D eigenvalue weighted by molar-refractivity contribution is 5.43. The second kappa shape index (κ2) is 4.53. The minimum Gasteiger partial charge on any atom is -0.504 e. The Balaban J connectivity index is 3.04. The zero-order valence-electron chi connectivity index (χ0n) is 9.58. The molecular formula is C12H19NO2. The first-order chi connectivity index (χ1) is 7.01. The molecule has 1 rings (SSSR count). The molecule has 3 nitrogen and oxygen atoms in total. The molecule has 3 heteroatoms. The molecule has 0 aliphatic rings. The number of nitrogens with two attached hydrogens (primary N) is 1. The summed E-state index contributed by atoms with van der Waals surface area (Å²) in [7, 11) is 1.55. The largest absolute Gasteiger partial charge is 0.504 e. The van der Waals surface area contributed by atoms with Crippen molar-refractivity contribution in [1.82, 2.24) is 0 Å². The van der Waals surface area contributed by atoms with Crippen LogP contribution in [0.5, 0.6) is 11.5 Å². The predicted octanol–water partition coefficient (Wildman–Crippen LogP) is 2.03. The Labute approximate surface area is 90.9 Å². The first kappa shape index (κ1) is 11.9. The van der Waals surface area contributed by atoms with Crippen LogP contribution in [0.2, 0.25) is 0 Å². The normalized spacial score (nSPS) is 11.5. The maximum Gasteiger partial charge on any atom is 0.160 e. The first-order valence-corrected chi connectivity index (χ1v) is 5.09. The van der Waals surface area contributed by atoms with Gasteiger partial charge in [0.05, 0.1) is 7.11 Å². The molecular weight excluding hydrogens is 190 g/mol. The standard InChI is InChI=1S/C12H19NO2/c1-12(2,6-7-13)9-4-5-10(14)11(8-9)15-3/h4-5,8,14H,6-7,13H2,1-3H3. The fraction of sp³-hybridized carbons (Fsp3) is 0.500. The van der Waals surface area contributed by atoms with Crippen LogP contribution in [-0.4, -0.2) is 18.8 Å².